The SMILES string of the molecule is Cc1nc(CCc2ccc(F)cc2)[nH]c(=O)c1CC(C)C. The lowest BCUT2D eigenvalue weighted by Crippen LogP contribution is -2.20. The van der Waals surface area contributed by atoms with Gasteiger partial charge in [0.25, 0.3) is 5.56 Å². The number of benzene rings is 1. The molecule has 1 aromatic carbocycles. The molecule has 0 aliphatic rings. The zero-order valence-electron chi connectivity index (χ0n) is 12.7. The van der Waals surface area contributed by atoms with Crippen LogP contribution < -0.4 is 5.56 Å². The van der Waals surface area contributed by atoms with E-state index in [1.54, 1.807) is 12.1 Å². The van der Waals surface area contributed by atoms with E-state index in [0.717, 1.165) is 29.7 Å². The summed E-state index contributed by atoms with van der Waals surface area (Å²) in [6.45, 7) is 6.05. The Hall–Kier alpha value is -1.97. The number of aromatic amines is 1. The molecule has 1 heterocycles. The first kappa shape index (κ1) is 15.4. The second kappa shape index (κ2) is 6.66. The molecule has 0 atom stereocenters. The molecule has 112 valence electrons. The fourth-order valence-electron chi connectivity index (χ4n) is 2.35. The number of nitrogens with zero attached hydrogens (tertiary/aromatic N) is 1. The number of halogens is 1. The number of hydrogen-bond acceptors (Lipinski definition) is 2. The molecular formula is C17H21FN2O. The number of H-pyrrole nitrogens is 1. The van der Waals surface area contributed by atoms with Crippen molar-refractivity contribution in [3.63, 3.8) is 0 Å². The lowest BCUT2D eigenvalue weighted by molar-refractivity contribution is 0.626. The largest absolute Gasteiger partial charge is 0.310 e. The van der Waals surface area contributed by atoms with E-state index in [-0.39, 0.29) is 11.4 Å². The third kappa shape index (κ3) is 4.25. The van der Waals surface area contributed by atoms with Crippen LogP contribution >= 0.6 is 0 Å². The minimum absolute atomic E-state index is 0.0368. The molecular weight excluding hydrogens is 267 g/mol. The van der Waals surface area contributed by atoms with Gasteiger partial charge in [-0.25, -0.2) is 9.37 Å². The molecule has 3 nitrogen and oxygen atoms in total. The van der Waals surface area contributed by atoms with Crippen molar-refractivity contribution < 1.29 is 4.39 Å². The van der Waals surface area contributed by atoms with Crippen LogP contribution in [-0.4, -0.2) is 9.97 Å². The van der Waals surface area contributed by atoms with E-state index in [4.69, 9.17) is 0 Å². The summed E-state index contributed by atoms with van der Waals surface area (Å²) in [7, 11) is 0. The average molecular weight is 288 g/mol. The first-order valence-electron chi connectivity index (χ1n) is 7.29. The van der Waals surface area contributed by atoms with Gasteiger partial charge < -0.3 is 4.98 Å². The predicted molar refractivity (Wildman–Crippen MR) is 81.9 cm³/mol. The zero-order chi connectivity index (χ0) is 15.4. The van der Waals surface area contributed by atoms with Gasteiger partial charge in [0, 0.05) is 17.7 Å². The number of aromatic nitrogens is 2. The maximum absolute atomic E-state index is 12.8. The number of hydrogen-bond donors (Lipinski definition) is 1. The van der Waals surface area contributed by atoms with E-state index >= 15 is 0 Å². The van der Waals surface area contributed by atoms with Crippen molar-refractivity contribution in [3.05, 3.63) is 63.1 Å². The highest BCUT2D eigenvalue weighted by Crippen LogP contribution is 2.09. The van der Waals surface area contributed by atoms with Crippen molar-refractivity contribution in [2.24, 2.45) is 5.92 Å². The Balaban J connectivity index is 2.11. The van der Waals surface area contributed by atoms with E-state index in [1.807, 2.05) is 6.92 Å². The summed E-state index contributed by atoms with van der Waals surface area (Å²) in [5.41, 5.74) is 2.57. The van der Waals surface area contributed by atoms with Gasteiger partial charge >= 0.3 is 0 Å². The predicted octanol–water partition coefficient (Wildman–Crippen LogP) is 3.20. The maximum atomic E-state index is 12.8. The van der Waals surface area contributed by atoms with Crippen molar-refractivity contribution in [1.82, 2.24) is 9.97 Å². The normalized spacial score (nSPS) is 11.1. The Morgan fingerprint density at radius 3 is 2.43 bits per heavy atom. The van der Waals surface area contributed by atoms with Crippen molar-refractivity contribution >= 4 is 0 Å². The van der Waals surface area contributed by atoms with E-state index in [0.29, 0.717) is 18.2 Å². The Morgan fingerprint density at radius 2 is 1.86 bits per heavy atom. The van der Waals surface area contributed by atoms with Crippen LogP contribution in [-0.2, 0) is 19.3 Å². The van der Waals surface area contributed by atoms with Gasteiger partial charge in [-0.3, -0.25) is 4.79 Å². The molecule has 0 saturated heterocycles. The minimum Gasteiger partial charge on any atom is -0.310 e. The summed E-state index contributed by atoms with van der Waals surface area (Å²) in [5.74, 6) is 0.880. The fraction of sp³-hybridized carbons (Fsp3) is 0.412. The quantitative estimate of drug-likeness (QED) is 0.918. The van der Waals surface area contributed by atoms with E-state index in [2.05, 4.69) is 23.8 Å². The Bertz CT molecular complexity index is 659. The van der Waals surface area contributed by atoms with Gasteiger partial charge in [0.2, 0.25) is 0 Å². The summed E-state index contributed by atoms with van der Waals surface area (Å²) in [6.07, 6.45) is 2.11. The molecule has 0 fully saturated rings. The molecule has 21 heavy (non-hydrogen) atoms. The molecule has 0 aliphatic heterocycles. The highest BCUT2D eigenvalue weighted by molar-refractivity contribution is 5.19. The van der Waals surface area contributed by atoms with Crippen LogP contribution in [0.15, 0.2) is 29.1 Å². The van der Waals surface area contributed by atoms with E-state index in [9.17, 15) is 9.18 Å². The molecule has 2 aromatic rings. The summed E-state index contributed by atoms with van der Waals surface area (Å²) in [6, 6.07) is 6.41. The van der Waals surface area contributed by atoms with Crippen LogP contribution in [0.3, 0.4) is 0 Å². The van der Waals surface area contributed by atoms with Crippen molar-refractivity contribution in [2.45, 2.75) is 40.0 Å². The number of aryl methyl sites for hydroxylation is 3. The molecule has 0 bridgehead atoms. The van der Waals surface area contributed by atoms with Crippen molar-refractivity contribution in [1.29, 1.82) is 0 Å². The van der Waals surface area contributed by atoms with Crippen LogP contribution in [0.25, 0.3) is 0 Å². The van der Waals surface area contributed by atoms with Crippen molar-refractivity contribution in [3.8, 4) is 0 Å². The van der Waals surface area contributed by atoms with E-state index in [1.165, 1.54) is 12.1 Å². The lowest BCUT2D eigenvalue weighted by atomic mass is 10.0. The number of rotatable bonds is 5. The topological polar surface area (TPSA) is 45.8 Å². The standard InChI is InChI=1S/C17H21FN2O/c1-11(2)10-15-12(3)19-16(20-17(15)21)9-6-13-4-7-14(18)8-5-13/h4-5,7-8,11H,6,9-10H2,1-3H3,(H,19,20,21). The number of nitrogens with one attached hydrogen (secondary N) is 1. The summed E-state index contributed by atoms with van der Waals surface area (Å²) in [4.78, 5) is 19.5. The molecule has 1 aromatic heterocycles. The van der Waals surface area contributed by atoms with Gasteiger partial charge in [-0.1, -0.05) is 26.0 Å². The second-order valence-electron chi connectivity index (χ2n) is 5.80. The lowest BCUT2D eigenvalue weighted by Gasteiger charge is -2.09. The molecule has 2 rings (SSSR count). The maximum Gasteiger partial charge on any atom is 0.254 e. The highest BCUT2D eigenvalue weighted by atomic mass is 19.1. The first-order valence-corrected chi connectivity index (χ1v) is 7.29. The summed E-state index contributed by atoms with van der Waals surface area (Å²) < 4.78 is 12.8. The van der Waals surface area contributed by atoms with Gasteiger partial charge in [0.05, 0.1) is 0 Å². The Labute approximate surface area is 124 Å². The molecule has 0 saturated carbocycles. The van der Waals surface area contributed by atoms with Gasteiger partial charge in [0.1, 0.15) is 11.6 Å². The summed E-state index contributed by atoms with van der Waals surface area (Å²) >= 11 is 0. The third-order valence-corrected chi connectivity index (χ3v) is 3.45. The average Bonchev–Trinajstić information content (AvgIpc) is 2.42. The van der Waals surface area contributed by atoms with Crippen LogP contribution in [0, 0.1) is 18.7 Å². The van der Waals surface area contributed by atoms with E-state index < -0.39 is 0 Å². The van der Waals surface area contributed by atoms with Gasteiger partial charge in [0.15, 0.2) is 0 Å². The first-order chi connectivity index (χ1) is 9.95. The van der Waals surface area contributed by atoms with Crippen LogP contribution in [0.2, 0.25) is 0 Å². The second-order valence-corrected chi connectivity index (χ2v) is 5.80. The molecule has 0 aliphatic carbocycles. The summed E-state index contributed by atoms with van der Waals surface area (Å²) in [5, 5.41) is 0. The smallest absolute Gasteiger partial charge is 0.254 e. The fourth-order valence-corrected chi connectivity index (χ4v) is 2.35. The van der Waals surface area contributed by atoms with Crippen LogP contribution in [0.4, 0.5) is 4.39 Å². The Morgan fingerprint density at radius 1 is 1.19 bits per heavy atom. The monoisotopic (exact) mass is 288 g/mol. The molecule has 0 amide bonds. The highest BCUT2D eigenvalue weighted by Gasteiger charge is 2.10. The Kier molecular flexibility index (Phi) is 4.89. The van der Waals surface area contributed by atoms with Gasteiger partial charge in [-0.15, -0.1) is 0 Å². The molecule has 0 unspecified atom stereocenters. The van der Waals surface area contributed by atoms with Crippen molar-refractivity contribution in [2.75, 3.05) is 0 Å². The minimum atomic E-state index is -0.237. The van der Waals surface area contributed by atoms with Crippen LogP contribution in [0.1, 0.15) is 36.5 Å². The zero-order valence-corrected chi connectivity index (χ0v) is 12.7. The van der Waals surface area contributed by atoms with Gasteiger partial charge in [-0.05, 0) is 43.4 Å². The molecule has 1 N–H and O–H groups in total. The molecule has 0 spiro atoms. The molecule has 4 heteroatoms. The van der Waals surface area contributed by atoms with Crippen LogP contribution in [0.5, 0.6) is 0 Å². The molecule has 0 radical (unpaired) electrons. The van der Waals surface area contributed by atoms with Gasteiger partial charge in [-0.2, -0.15) is 0 Å². The third-order valence-electron chi connectivity index (χ3n) is 3.45.